The molecule has 1 aliphatic heterocycles. The predicted molar refractivity (Wildman–Crippen MR) is 128 cm³/mol. The number of aromatic nitrogens is 1. The van der Waals surface area contributed by atoms with Gasteiger partial charge in [0.05, 0.1) is 16.1 Å². The van der Waals surface area contributed by atoms with Crippen molar-refractivity contribution >= 4 is 27.4 Å². The summed E-state index contributed by atoms with van der Waals surface area (Å²) < 4.78 is 30.3. The number of fused-ring (bicyclic) bond motifs is 1. The first-order chi connectivity index (χ1) is 15.5. The van der Waals surface area contributed by atoms with E-state index in [1.165, 1.54) is 16.4 Å². The third-order valence-corrected chi connectivity index (χ3v) is 7.64. The van der Waals surface area contributed by atoms with Crippen LogP contribution in [0.15, 0.2) is 65.7 Å². The lowest BCUT2D eigenvalue weighted by Crippen LogP contribution is -2.35. The van der Waals surface area contributed by atoms with Crippen molar-refractivity contribution < 1.29 is 13.2 Å². The molecule has 0 fully saturated rings. The number of hydrogen-bond donors (Lipinski definition) is 1. The highest BCUT2D eigenvalue weighted by Gasteiger charge is 2.36. The molecule has 0 saturated carbocycles. The number of nitriles is 1. The van der Waals surface area contributed by atoms with Crippen molar-refractivity contribution in [1.82, 2.24) is 4.57 Å². The van der Waals surface area contributed by atoms with Gasteiger partial charge >= 0.3 is 0 Å². The first-order valence-corrected chi connectivity index (χ1v) is 12.1. The molecule has 3 aromatic rings. The molecule has 1 aromatic heterocycles. The minimum absolute atomic E-state index is 0.0580. The molecule has 1 amide bonds. The lowest BCUT2D eigenvalue weighted by atomic mass is 10.1. The summed E-state index contributed by atoms with van der Waals surface area (Å²) in [6, 6.07) is 17.0. The van der Waals surface area contributed by atoms with Crippen LogP contribution in [-0.2, 0) is 22.0 Å². The molecule has 0 saturated heterocycles. The van der Waals surface area contributed by atoms with Gasteiger partial charge in [-0.2, -0.15) is 5.26 Å². The van der Waals surface area contributed by atoms with Crippen molar-refractivity contribution in [2.75, 3.05) is 9.62 Å². The Balaban J connectivity index is 1.66. The zero-order chi connectivity index (χ0) is 24.0. The second kappa shape index (κ2) is 8.09. The Hall–Kier alpha value is -3.57. The van der Waals surface area contributed by atoms with Crippen LogP contribution in [-0.4, -0.2) is 24.9 Å². The monoisotopic (exact) mass is 462 g/mol. The number of para-hydroxylation sites is 1. The van der Waals surface area contributed by atoms with Gasteiger partial charge in [-0.05, 0) is 70.0 Å². The summed E-state index contributed by atoms with van der Waals surface area (Å²) >= 11 is 0. The Morgan fingerprint density at radius 1 is 1.12 bits per heavy atom. The number of carbonyl (C=O) groups is 1. The molecule has 4 rings (SSSR count). The molecule has 1 unspecified atom stereocenters. The lowest BCUT2D eigenvalue weighted by molar-refractivity contribution is 0.102. The number of carbonyl (C=O) groups excluding carboxylic acids is 1. The van der Waals surface area contributed by atoms with Crippen LogP contribution in [0.4, 0.5) is 11.5 Å². The van der Waals surface area contributed by atoms with Crippen molar-refractivity contribution in [2.45, 2.75) is 50.6 Å². The minimum atomic E-state index is -3.86. The van der Waals surface area contributed by atoms with Crippen molar-refractivity contribution in [2.24, 2.45) is 0 Å². The maximum atomic E-state index is 13.5. The van der Waals surface area contributed by atoms with Crippen LogP contribution in [0, 0.1) is 11.3 Å². The van der Waals surface area contributed by atoms with E-state index in [0.717, 1.165) is 5.56 Å². The first kappa shape index (κ1) is 22.6. The number of hydrogen-bond acceptors (Lipinski definition) is 4. The van der Waals surface area contributed by atoms with Crippen LogP contribution in [0.25, 0.3) is 0 Å². The molecule has 1 atom stereocenters. The first-order valence-electron chi connectivity index (χ1n) is 10.7. The highest BCUT2D eigenvalue weighted by Crippen LogP contribution is 2.36. The average molecular weight is 463 g/mol. The summed E-state index contributed by atoms with van der Waals surface area (Å²) in [7, 11) is -3.86. The molecule has 8 heteroatoms. The minimum Gasteiger partial charge on any atom is -0.328 e. The number of anilines is 2. The largest absolute Gasteiger partial charge is 0.328 e. The summed E-state index contributed by atoms with van der Waals surface area (Å²) in [6.07, 6.45) is 2.32. The normalized spacial score (nSPS) is 15.7. The molecule has 0 spiro atoms. The van der Waals surface area contributed by atoms with E-state index >= 15 is 0 Å². The smallest absolute Gasteiger partial charge is 0.264 e. The molecule has 2 heterocycles. The van der Waals surface area contributed by atoms with E-state index in [9.17, 15) is 18.5 Å². The third-order valence-electron chi connectivity index (χ3n) is 5.71. The zero-order valence-electron chi connectivity index (χ0n) is 19.0. The Morgan fingerprint density at radius 3 is 2.55 bits per heavy atom. The Morgan fingerprint density at radius 2 is 1.85 bits per heavy atom. The van der Waals surface area contributed by atoms with Crippen molar-refractivity contribution in [3.63, 3.8) is 0 Å². The quantitative estimate of drug-likeness (QED) is 0.617. The SMILES string of the molecule is CC1Cc2ccccc2N1S(=O)(=O)c1cccc(C(=O)Nc2cc(C#N)cn2C(C)(C)C)c1. The van der Waals surface area contributed by atoms with E-state index in [2.05, 4.69) is 11.4 Å². The molecule has 1 N–H and O–H groups in total. The molecule has 2 aromatic carbocycles. The van der Waals surface area contributed by atoms with Crippen molar-refractivity contribution in [3.05, 3.63) is 77.5 Å². The van der Waals surface area contributed by atoms with Gasteiger partial charge in [0.15, 0.2) is 0 Å². The molecule has 33 heavy (non-hydrogen) atoms. The highest BCUT2D eigenvalue weighted by atomic mass is 32.2. The molecule has 0 aliphatic carbocycles. The fraction of sp³-hybridized carbons (Fsp3) is 0.280. The zero-order valence-corrected chi connectivity index (χ0v) is 19.8. The molecule has 170 valence electrons. The van der Waals surface area contributed by atoms with Crippen LogP contribution in [0.3, 0.4) is 0 Å². The number of rotatable bonds is 4. The van der Waals surface area contributed by atoms with Crippen molar-refractivity contribution in [1.29, 1.82) is 5.26 Å². The standard InChI is InChI=1S/C25H26N4O3S/c1-17-12-19-8-5-6-11-22(19)29(17)33(31,32)21-10-7-9-20(14-21)24(30)27-23-13-18(15-26)16-28(23)25(2,3)4/h5-11,13-14,16-17H,12H2,1-4H3,(H,27,30). The summed E-state index contributed by atoms with van der Waals surface area (Å²) in [5.74, 6) is 0.0226. The molecule has 0 radical (unpaired) electrons. The summed E-state index contributed by atoms with van der Waals surface area (Å²) in [5, 5.41) is 12.1. The van der Waals surface area contributed by atoms with E-state index in [0.29, 0.717) is 23.5 Å². The van der Waals surface area contributed by atoms with Crippen LogP contribution in [0.1, 0.15) is 49.2 Å². The van der Waals surface area contributed by atoms with Gasteiger partial charge in [0.1, 0.15) is 11.9 Å². The fourth-order valence-electron chi connectivity index (χ4n) is 4.18. The fourth-order valence-corrected chi connectivity index (χ4v) is 5.92. The lowest BCUT2D eigenvalue weighted by Gasteiger charge is -2.25. The second-order valence-corrected chi connectivity index (χ2v) is 11.0. The number of benzene rings is 2. The van der Waals surface area contributed by atoms with Gasteiger partial charge in [-0.25, -0.2) is 8.42 Å². The van der Waals surface area contributed by atoms with Gasteiger partial charge in [0.2, 0.25) is 0 Å². The molecule has 0 bridgehead atoms. The number of nitrogens with zero attached hydrogens (tertiary/aromatic N) is 3. The van der Waals surface area contributed by atoms with Gasteiger partial charge < -0.3 is 9.88 Å². The maximum absolute atomic E-state index is 13.5. The van der Waals surface area contributed by atoms with E-state index in [1.807, 2.05) is 50.5 Å². The highest BCUT2D eigenvalue weighted by molar-refractivity contribution is 7.92. The summed E-state index contributed by atoms with van der Waals surface area (Å²) in [4.78, 5) is 13.1. The molecule has 1 aliphatic rings. The van der Waals surface area contributed by atoms with E-state index < -0.39 is 15.9 Å². The predicted octanol–water partition coefficient (Wildman–Crippen LogP) is 4.51. The Kier molecular flexibility index (Phi) is 5.54. The van der Waals surface area contributed by atoms with Crippen molar-refractivity contribution in [3.8, 4) is 6.07 Å². The van der Waals surface area contributed by atoms with E-state index in [-0.39, 0.29) is 22.0 Å². The van der Waals surface area contributed by atoms with Gasteiger partial charge in [0.25, 0.3) is 15.9 Å². The number of nitrogens with one attached hydrogen (secondary N) is 1. The summed E-state index contributed by atoms with van der Waals surface area (Å²) in [5.41, 5.74) is 1.95. The van der Waals surface area contributed by atoms with Gasteiger partial charge in [-0.3, -0.25) is 9.10 Å². The average Bonchev–Trinajstić information content (AvgIpc) is 3.33. The van der Waals surface area contributed by atoms with Gasteiger partial charge in [0, 0.05) is 23.3 Å². The third kappa shape index (κ3) is 4.12. The van der Waals surface area contributed by atoms with E-state index in [4.69, 9.17) is 0 Å². The molecular formula is C25H26N4O3S. The van der Waals surface area contributed by atoms with Gasteiger partial charge in [-0.15, -0.1) is 0 Å². The molecular weight excluding hydrogens is 436 g/mol. The van der Waals surface area contributed by atoms with Crippen LogP contribution in [0.2, 0.25) is 0 Å². The molecule has 7 nitrogen and oxygen atoms in total. The topological polar surface area (TPSA) is 95.2 Å². The second-order valence-electron chi connectivity index (χ2n) is 9.23. The Bertz CT molecular complexity index is 1380. The maximum Gasteiger partial charge on any atom is 0.264 e. The number of sulfonamides is 1. The Labute approximate surface area is 194 Å². The van der Waals surface area contributed by atoms with Crippen LogP contribution in [0.5, 0.6) is 0 Å². The van der Waals surface area contributed by atoms with Crippen LogP contribution >= 0.6 is 0 Å². The van der Waals surface area contributed by atoms with Crippen LogP contribution < -0.4 is 9.62 Å². The van der Waals surface area contributed by atoms with E-state index in [1.54, 1.807) is 30.5 Å². The summed E-state index contributed by atoms with van der Waals surface area (Å²) in [6.45, 7) is 7.77. The number of amides is 1. The van der Waals surface area contributed by atoms with Gasteiger partial charge in [-0.1, -0.05) is 24.3 Å².